The predicted octanol–water partition coefficient (Wildman–Crippen LogP) is 6.01. The SMILES string of the molecule is COc1cccc2c1C(Cc1ccccc1)C(=O)N2c1cc(Cl)cc(Cl)c1. The highest BCUT2D eigenvalue weighted by Gasteiger charge is 2.40. The van der Waals surface area contributed by atoms with Crippen LogP contribution in [0.25, 0.3) is 0 Å². The monoisotopic (exact) mass is 397 g/mol. The van der Waals surface area contributed by atoms with Crippen molar-refractivity contribution in [1.29, 1.82) is 0 Å². The van der Waals surface area contributed by atoms with Gasteiger partial charge in [-0.05, 0) is 42.3 Å². The molecule has 0 N–H and O–H groups in total. The molecule has 1 heterocycles. The second-order valence-corrected chi connectivity index (χ2v) is 7.31. The summed E-state index contributed by atoms with van der Waals surface area (Å²) in [5.41, 5.74) is 3.45. The lowest BCUT2D eigenvalue weighted by Gasteiger charge is -2.19. The maximum Gasteiger partial charge on any atom is 0.239 e. The number of hydrogen-bond acceptors (Lipinski definition) is 2. The van der Waals surface area contributed by atoms with Gasteiger partial charge in [0, 0.05) is 15.6 Å². The van der Waals surface area contributed by atoms with Gasteiger partial charge in [0.25, 0.3) is 0 Å². The summed E-state index contributed by atoms with van der Waals surface area (Å²) < 4.78 is 5.57. The molecule has 0 fully saturated rings. The third kappa shape index (κ3) is 3.29. The molecule has 0 bridgehead atoms. The maximum absolute atomic E-state index is 13.4. The van der Waals surface area contributed by atoms with Crippen LogP contribution in [0.3, 0.4) is 0 Å². The summed E-state index contributed by atoms with van der Waals surface area (Å²) in [6.07, 6.45) is 0.595. The lowest BCUT2D eigenvalue weighted by Crippen LogP contribution is -2.24. The Morgan fingerprint density at radius 3 is 2.33 bits per heavy atom. The van der Waals surface area contributed by atoms with Crippen LogP contribution in [0.15, 0.2) is 66.7 Å². The first kappa shape index (κ1) is 17.9. The van der Waals surface area contributed by atoms with Gasteiger partial charge in [0.05, 0.1) is 24.4 Å². The van der Waals surface area contributed by atoms with Gasteiger partial charge in [-0.1, -0.05) is 59.6 Å². The second-order valence-electron chi connectivity index (χ2n) is 6.44. The van der Waals surface area contributed by atoms with Gasteiger partial charge in [-0.2, -0.15) is 0 Å². The van der Waals surface area contributed by atoms with Crippen LogP contribution >= 0.6 is 23.2 Å². The third-order valence-corrected chi connectivity index (χ3v) is 5.20. The number of fused-ring (bicyclic) bond motifs is 1. The van der Waals surface area contributed by atoms with E-state index < -0.39 is 0 Å². The van der Waals surface area contributed by atoms with E-state index in [0.717, 1.165) is 16.8 Å². The van der Waals surface area contributed by atoms with Crippen LogP contribution in [0, 0.1) is 0 Å². The van der Waals surface area contributed by atoms with Crippen LogP contribution in [0.1, 0.15) is 17.0 Å². The van der Waals surface area contributed by atoms with Gasteiger partial charge in [0.1, 0.15) is 5.75 Å². The first-order valence-corrected chi connectivity index (χ1v) is 9.35. The Morgan fingerprint density at radius 1 is 0.963 bits per heavy atom. The number of nitrogens with zero attached hydrogens (tertiary/aromatic N) is 1. The van der Waals surface area contributed by atoms with E-state index >= 15 is 0 Å². The molecule has 0 aromatic heterocycles. The van der Waals surface area contributed by atoms with Crippen molar-refractivity contribution in [1.82, 2.24) is 0 Å². The zero-order chi connectivity index (χ0) is 19.0. The van der Waals surface area contributed by atoms with Crippen LogP contribution < -0.4 is 9.64 Å². The van der Waals surface area contributed by atoms with Crippen LogP contribution in [-0.4, -0.2) is 13.0 Å². The Bertz CT molecular complexity index is 984. The number of carbonyl (C=O) groups excluding carboxylic acids is 1. The van der Waals surface area contributed by atoms with E-state index in [0.29, 0.717) is 27.9 Å². The molecule has 3 aromatic rings. The molecular formula is C22H17Cl2NO2. The molecule has 0 saturated carbocycles. The van der Waals surface area contributed by atoms with Gasteiger partial charge in [0.15, 0.2) is 0 Å². The van der Waals surface area contributed by atoms with E-state index in [4.69, 9.17) is 27.9 Å². The van der Waals surface area contributed by atoms with Crippen molar-refractivity contribution in [2.75, 3.05) is 12.0 Å². The van der Waals surface area contributed by atoms with E-state index in [-0.39, 0.29) is 11.8 Å². The van der Waals surface area contributed by atoms with Gasteiger partial charge in [-0.25, -0.2) is 0 Å². The third-order valence-electron chi connectivity index (χ3n) is 4.76. The Labute approximate surface area is 168 Å². The van der Waals surface area contributed by atoms with Gasteiger partial charge in [-0.3, -0.25) is 9.69 Å². The van der Waals surface area contributed by atoms with Crippen LogP contribution in [0.2, 0.25) is 10.0 Å². The van der Waals surface area contributed by atoms with Crippen molar-refractivity contribution in [3.05, 3.63) is 87.9 Å². The van der Waals surface area contributed by atoms with Crippen molar-refractivity contribution in [2.24, 2.45) is 0 Å². The second kappa shape index (κ2) is 7.26. The maximum atomic E-state index is 13.4. The molecule has 5 heteroatoms. The average molecular weight is 398 g/mol. The number of methoxy groups -OCH3 is 1. The molecule has 0 radical (unpaired) electrons. The molecule has 3 nitrogen and oxygen atoms in total. The fraction of sp³-hybridized carbons (Fsp3) is 0.136. The van der Waals surface area contributed by atoms with Crippen LogP contribution in [-0.2, 0) is 11.2 Å². The summed E-state index contributed by atoms with van der Waals surface area (Å²) in [6.45, 7) is 0. The first-order chi connectivity index (χ1) is 13.1. The minimum Gasteiger partial charge on any atom is -0.496 e. The smallest absolute Gasteiger partial charge is 0.239 e. The van der Waals surface area contributed by atoms with E-state index in [1.807, 2.05) is 48.5 Å². The van der Waals surface area contributed by atoms with Gasteiger partial charge in [-0.15, -0.1) is 0 Å². The summed E-state index contributed by atoms with van der Waals surface area (Å²) in [4.78, 5) is 15.1. The molecule has 1 unspecified atom stereocenters. The van der Waals surface area contributed by atoms with Gasteiger partial charge >= 0.3 is 0 Å². The van der Waals surface area contributed by atoms with E-state index in [1.54, 1.807) is 30.2 Å². The Balaban J connectivity index is 1.85. The van der Waals surface area contributed by atoms with Crippen molar-refractivity contribution >= 4 is 40.5 Å². The number of amides is 1. The topological polar surface area (TPSA) is 29.5 Å². The molecule has 1 aliphatic rings. The normalized spacial score (nSPS) is 15.7. The summed E-state index contributed by atoms with van der Waals surface area (Å²) in [6, 6.07) is 20.8. The fourth-order valence-electron chi connectivity index (χ4n) is 3.63. The highest BCUT2D eigenvalue weighted by Crippen LogP contribution is 2.48. The molecule has 27 heavy (non-hydrogen) atoms. The zero-order valence-electron chi connectivity index (χ0n) is 14.7. The number of anilines is 2. The standard InChI is InChI=1S/C22H17Cl2NO2/c1-27-20-9-5-8-19-21(20)18(10-14-6-3-2-4-7-14)22(26)25(19)17-12-15(23)11-16(24)13-17/h2-9,11-13,18H,10H2,1H3. The summed E-state index contributed by atoms with van der Waals surface area (Å²) in [5, 5.41) is 0.975. The van der Waals surface area contributed by atoms with Gasteiger partial charge < -0.3 is 4.74 Å². The number of hydrogen-bond donors (Lipinski definition) is 0. The lowest BCUT2D eigenvalue weighted by molar-refractivity contribution is -0.118. The lowest BCUT2D eigenvalue weighted by atomic mass is 9.92. The molecule has 3 aromatic carbocycles. The number of ether oxygens (including phenoxy) is 1. The largest absolute Gasteiger partial charge is 0.496 e. The summed E-state index contributed by atoms with van der Waals surface area (Å²) in [7, 11) is 1.62. The van der Waals surface area contributed by atoms with Gasteiger partial charge in [0.2, 0.25) is 5.91 Å². The molecule has 1 atom stereocenters. The summed E-state index contributed by atoms with van der Waals surface area (Å²) in [5.74, 6) is 0.352. The number of rotatable bonds is 4. The molecule has 0 saturated heterocycles. The van der Waals surface area contributed by atoms with E-state index in [2.05, 4.69) is 0 Å². The van der Waals surface area contributed by atoms with Crippen molar-refractivity contribution < 1.29 is 9.53 Å². The molecule has 136 valence electrons. The molecule has 4 rings (SSSR count). The summed E-state index contributed by atoms with van der Waals surface area (Å²) >= 11 is 12.4. The number of benzene rings is 3. The molecular weight excluding hydrogens is 381 g/mol. The Kier molecular flexibility index (Phi) is 4.81. The number of carbonyl (C=O) groups is 1. The molecule has 1 amide bonds. The minimum absolute atomic E-state index is 0.0170. The quantitative estimate of drug-likeness (QED) is 0.539. The molecule has 1 aliphatic heterocycles. The predicted molar refractivity (Wildman–Crippen MR) is 109 cm³/mol. The Hall–Kier alpha value is -2.49. The zero-order valence-corrected chi connectivity index (χ0v) is 16.2. The van der Waals surface area contributed by atoms with Crippen LogP contribution in [0.4, 0.5) is 11.4 Å². The Morgan fingerprint density at radius 2 is 1.67 bits per heavy atom. The van der Waals surface area contributed by atoms with Crippen LogP contribution in [0.5, 0.6) is 5.75 Å². The minimum atomic E-state index is -0.337. The average Bonchev–Trinajstić information content (AvgIpc) is 2.93. The fourth-order valence-corrected chi connectivity index (χ4v) is 4.14. The molecule has 0 aliphatic carbocycles. The van der Waals surface area contributed by atoms with Crippen molar-refractivity contribution in [3.8, 4) is 5.75 Å². The van der Waals surface area contributed by atoms with E-state index in [1.165, 1.54) is 0 Å². The highest BCUT2D eigenvalue weighted by atomic mass is 35.5. The first-order valence-electron chi connectivity index (χ1n) is 8.59. The van der Waals surface area contributed by atoms with Crippen molar-refractivity contribution in [3.63, 3.8) is 0 Å². The van der Waals surface area contributed by atoms with E-state index in [9.17, 15) is 4.79 Å². The van der Waals surface area contributed by atoms with Crippen molar-refractivity contribution in [2.45, 2.75) is 12.3 Å². The highest BCUT2D eigenvalue weighted by molar-refractivity contribution is 6.35. The molecule has 0 spiro atoms. The number of halogens is 2.